The summed E-state index contributed by atoms with van der Waals surface area (Å²) in [6, 6.07) is 7.09. The van der Waals surface area contributed by atoms with Gasteiger partial charge in [-0.25, -0.2) is 0 Å². The Balaban J connectivity index is 2.62. The minimum atomic E-state index is -4.10. The van der Waals surface area contributed by atoms with Crippen molar-refractivity contribution in [2.24, 2.45) is 0 Å². The van der Waals surface area contributed by atoms with Crippen LogP contribution in [0.1, 0.15) is 17.5 Å². The van der Waals surface area contributed by atoms with Gasteiger partial charge in [-0.1, -0.05) is 30.3 Å². The van der Waals surface area contributed by atoms with E-state index < -0.39 is 10.1 Å². The predicted molar refractivity (Wildman–Crippen MR) is 54.0 cm³/mol. The first kappa shape index (κ1) is 9.43. The van der Waals surface area contributed by atoms with Gasteiger partial charge in [0, 0.05) is 0 Å². The van der Waals surface area contributed by atoms with Crippen LogP contribution in [0.15, 0.2) is 30.3 Å². The Morgan fingerprint density at radius 3 is 2.64 bits per heavy atom. The molecule has 0 bridgehead atoms. The Morgan fingerprint density at radius 2 is 1.93 bits per heavy atom. The number of rotatable bonds is 1. The fourth-order valence-electron chi connectivity index (χ4n) is 1.55. The van der Waals surface area contributed by atoms with Gasteiger partial charge < -0.3 is 0 Å². The Labute approximate surface area is 82.8 Å². The Kier molecular flexibility index (Phi) is 2.17. The van der Waals surface area contributed by atoms with Gasteiger partial charge in [0.25, 0.3) is 10.1 Å². The summed E-state index contributed by atoms with van der Waals surface area (Å²) in [5, 5.41) is 0. The first-order valence-corrected chi connectivity index (χ1v) is 5.63. The van der Waals surface area contributed by atoms with E-state index in [0.29, 0.717) is 12.0 Å². The SMILES string of the molecule is O=S(=O)(O)C1=CC[CH]c2ccccc21. The number of benzene rings is 1. The Morgan fingerprint density at radius 1 is 1.21 bits per heavy atom. The van der Waals surface area contributed by atoms with Crippen LogP contribution in [0.2, 0.25) is 0 Å². The topological polar surface area (TPSA) is 54.4 Å². The summed E-state index contributed by atoms with van der Waals surface area (Å²) in [4.78, 5) is 0.00981. The Bertz CT molecular complexity index is 486. The highest BCUT2D eigenvalue weighted by molar-refractivity contribution is 7.95. The first-order chi connectivity index (χ1) is 6.59. The zero-order chi connectivity index (χ0) is 10.2. The summed E-state index contributed by atoms with van der Waals surface area (Å²) in [5.74, 6) is 0. The zero-order valence-corrected chi connectivity index (χ0v) is 8.16. The molecule has 0 heterocycles. The third-order valence-electron chi connectivity index (χ3n) is 2.15. The van der Waals surface area contributed by atoms with Gasteiger partial charge in [-0.05, 0) is 24.0 Å². The van der Waals surface area contributed by atoms with E-state index in [1.165, 1.54) is 6.08 Å². The van der Waals surface area contributed by atoms with Crippen LogP contribution in [0.25, 0.3) is 4.91 Å². The van der Waals surface area contributed by atoms with Crippen molar-refractivity contribution in [1.82, 2.24) is 0 Å². The second-order valence-electron chi connectivity index (χ2n) is 3.07. The molecule has 0 fully saturated rings. The van der Waals surface area contributed by atoms with Crippen LogP contribution in [0.3, 0.4) is 0 Å². The van der Waals surface area contributed by atoms with Gasteiger partial charge >= 0.3 is 0 Å². The summed E-state index contributed by atoms with van der Waals surface area (Å²) in [6.07, 6.45) is 3.97. The van der Waals surface area contributed by atoms with Gasteiger partial charge in [0.15, 0.2) is 0 Å². The molecule has 14 heavy (non-hydrogen) atoms. The fraction of sp³-hybridized carbons (Fsp3) is 0.100. The first-order valence-electron chi connectivity index (χ1n) is 4.19. The molecule has 0 spiro atoms. The minimum Gasteiger partial charge on any atom is -0.282 e. The van der Waals surface area contributed by atoms with Gasteiger partial charge in [0.2, 0.25) is 0 Å². The predicted octanol–water partition coefficient (Wildman–Crippen LogP) is 1.87. The molecule has 1 aliphatic carbocycles. The summed E-state index contributed by atoms with van der Waals surface area (Å²) in [5.41, 5.74) is 1.42. The average Bonchev–Trinajstić information content (AvgIpc) is 2.15. The molecule has 1 N–H and O–H groups in total. The summed E-state index contributed by atoms with van der Waals surface area (Å²) in [7, 11) is -4.10. The lowest BCUT2D eigenvalue weighted by molar-refractivity contribution is 0.496. The maximum absolute atomic E-state index is 11.0. The van der Waals surface area contributed by atoms with Gasteiger partial charge in [-0.15, -0.1) is 0 Å². The minimum absolute atomic E-state index is 0.00981. The lowest BCUT2D eigenvalue weighted by Gasteiger charge is -2.14. The molecule has 1 aromatic carbocycles. The summed E-state index contributed by atoms with van der Waals surface area (Å²) in [6.45, 7) is 0. The van der Waals surface area contributed by atoms with Gasteiger partial charge in [0.05, 0.1) is 4.91 Å². The molecular formula is C10H9O3S. The molecule has 4 heteroatoms. The van der Waals surface area contributed by atoms with Crippen LogP contribution >= 0.6 is 0 Å². The van der Waals surface area contributed by atoms with Crippen LogP contribution in [0.5, 0.6) is 0 Å². The fourth-order valence-corrected chi connectivity index (χ4v) is 2.32. The van der Waals surface area contributed by atoms with Crippen LogP contribution in [0, 0.1) is 6.42 Å². The third kappa shape index (κ3) is 1.58. The molecule has 0 saturated heterocycles. The van der Waals surface area contributed by atoms with Crippen molar-refractivity contribution in [2.75, 3.05) is 0 Å². The molecule has 1 aliphatic rings. The molecule has 1 radical (unpaired) electrons. The van der Waals surface area contributed by atoms with E-state index in [9.17, 15) is 8.42 Å². The van der Waals surface area contributed by atoms with Crippen molar-refractivity contribution < 1.29 is 13.0 Å². The quantitative estimate of drug-likeness (QED) is 0.718. The molecule has 73 valence electrons. The van der Waals surface area contributed by atoms with Crippen molar-refractivity contribution >= 4 is 15.0 Å². The van der Waals surface area contributed by atoms with Crippen molar-refractivity contribution in [1.29, 1.82) is 0 Å². The normalized spacial score (nSPS) is 15.9. The van der Waals surface area contributed by atoms with E-state index in [1.54, 1.807) is 12.1 Å². The summed E-state index contributed by atoms with van der Waals surface area (Å²) < 4.78 is 31.0. The second-order valence-corrected chi connectivity index (χ2v) is 4.46. The van der Waals surface area contributed by atoms with E-state index in [-0.39, 0.29) is 4.91 Å². The van der Waals surface area contributed by atoms with Gasteiger partial charge in [-0.2, -0.15) is 8.42 Å². The van der Waals surface area contributed by atoms with Gasteiger partial charge in [-0.3, -0.25) is 4.55 Å². The Hall–Kier alpha value is -1.13. The molecule has 0 amide bonds. The third-order valence-corrected chi connectivity index (χ3v) is 3.09. The number of hydrogen-bond donors (Lipinski definition) is 1. The van der Waals surface area contributed by atoms with E-state index >= 15 is 0 Å². The number of allylic oxidation sites excluding steroid dienone is 1. The van der Waals surface area contributed by atoms with E-state index in [0.717, 1.165) is 5.56 Å². The highest BCUT2D eigenvalue weighted by Gasteiger charge is 2.21. The average molecular weight is 209 g/mol. The summed E-state index contributed by atoms with van der Waals surface area (Å²) >= 11 is 0. The van der Waals surface area contributed by atoms with Crippen molar-refractivity contribution in [3.63, 3.8) is 0 Å². The monoisotopic (exact) mass is 209 g/mol. The van der Waals surface area contributed by atoms with Crippen LogP contribution < -0.4 is 0 Å². The largest absolute Gasteiger partial charge is 0.294 e. The maximum atomic E-state index is 11.0. The second kappa shape index (κ2) is 3.22. The number of hydrogen-bond acceptors (Lipinski definition) is 2. The van der Waals surface area contributed by atoms with Crippen molar-refractivity contribution in [2.45, 2.75) is 6.42 Å². The van der Waals surface area contributed by atoms with Crippen molar-refractivity contribution in [3.05, 3.63) is 47.9 Å². The smallest absolute Gasteiger partial charge is 0.282 e. The molecule has 0 aliphatic heterocycles. The lowest BCUT2D eigenvalue weighted by Crippen LogP contribution is -2.06. The molecule has 0 atom stereocenters. The molecule has 0 unspecified atom stereocenters. The zero-order valence-electron chi connectivity index (χ0n) is 7.34. The molecule has 0 aromatic heterocycles. The maximum Gasteiger partial charge on any atom is 0.294 e. The van der Waals surface area contributed by atoms with E-state index in [4.69, 9.17) is 4.55 Å². The standard InChI is InChI=1S/C10H9O3S/c11-14(12,13)10-7-3-5-8-4-1-2-6-9(8)10/h1-2,4-7H,3H2,(H,11,12,13). The van der Waals surface area contributed by atoms with Crippen molar-refractivity contribution in [3.8, 4) is 0 Å². The highest BCUT2D eigenvalue weighted by atomic mass is 32.2. The number of fused-ring (bicyclic) bond motifs is 1. The van der Waals surface area contributed by atoms with Crippen LogP contribution in [-0.2, 0) is 10.1 Å². The molecule has 2 rings (SSSR count). The molecular weight excluding hydrogens is 200 g/mol. The van der Waals surface area contributed by atoms with Crippen LogP contribution in [-0.4, -0.2) is 13.0 Å². The van der Waals surface area contributed by atoms with E-state index in [2.05, 4.69) is 0 Å². The molecule has 3 nitrogen and oxygen atoms in total. The molecule has 0 saturated carbocycles. The van der Waals surface area contributed by atoms with Gasteiger partial charge in [0.1, 0.15) is 0 Å². The lowest BCUT2D eigenvalue weighted by atomic mass is 9.97. The highest BCUT2D eigenvalue weighted by Crippen LogP contribution is 2.30. The molecule has 1 aromatic rings. The van der Waals surface area contributed by atoms with Crippen LogP contribution in [0.4, 0.5) is 0 Å². The van der Waals surface area contributed by atoms with E-state index in [1.807, 2.05) is 18.6 Å².